The van der Waals surface area contributed by atoms with E-state index < -0.39 is 0 Å². The third kappa shape index (κ3) is 2.39. The number of nitrogens with zero attached hydrogens (tertiary/aromatic N) is 1. The van der Waals surface area contributed by atoms with Crippen LogP contribution < -0.4 is 4.74 Å². The molecule has 0 spiro atoms. The maximum absolute atomic E-state index is 5.84. The molecule has 2 aromatic rings. The first kappa shape index (κ1) is 11.5. The molecule has 2 heteroatoms. The van der Waals surface area contributed by atoms with E-state index in [9.17, 15) is 0 Å². The molecule has 0 saturated carbocycles. The van der Waals surface area contributed by atoms with Gasteiger partial charge in [0.1, 0.15) is 11.3 Å². The van der Waals surface area contributed by atoms with Crippen LogP contribution in [0.4, 0.5) is 0 Å². The van der Waals surface area contributed by atoms with Crippen LogP contribution in [0.3, 0.4) is 0 Å². The first-order chi connectivity index (χ1) is 8.22. The summed E-state index contributed by atoms with van der Waals surface area (Å²) < 4.78 is 5.84. The summed E-state index contributed by atoms with van der Waals surface area (Å²) in [5.41, 5.74) is 0.857. The van der Waals surface area contributed by atoms with Crippen molar-refractivity contribution in [2.75, 3.05) is 0 Å². The zero-order valence-corrected chi connectivity index (χ0v) is 10.1. The number of hydrogen-bond acceptors (Lipinski definition) is 2. The van der Waals surface area contributed by atoms with Gasteiger partial charge in [0.05, 0.1) is 0 Å². The quantitative estimate of drug-likeness (QED) is 0.748. The summed E-state index contributed by atoms with van der Waals surface area (Å²) in [6, 6.07) is 9.79. The van der Waals surface area contributed by atoms with E-state index in [2.05, 4.69) is 10.9 Å². The highest BCUT2D eigenvalue weighted by Gasteiger charge is 2.13. The lowest BCUT2D eigenvalue weighted by Crippen LogP contribution is -2.20. The smallest absolute Gasteiger partial charge is 0.161 e. The van der Waals surface area contributed by atoms with E-state index in [0.29, 0.717) is 0 Å². The number of pyridine rings is 1. The topological polar surface area (TPSA) is 22.1 Å². The van der Waals surface area contributed by atoms with Gasteiger partial charge in [0, 0.05) is 17.5 Å². The molecular formula is C15H15NO. The Bertz CT molecular complexity index is 549. The fraction of sp³-hybridized carbons (Fsp3) is 0.267. The third-order valence-electron chi connectivity index (χ3n) is 2.62. The first-order valence-corrected chi connectivity index (χ1v) is 5.69. The zero-order valence-electron chi connectivity index (χ0n) is 10.1. The van der Waals surface area contributed by atoms with E-state index in [-0.39, 0.29) is 12.0 Å². The Morgan fingerprint density at radius 3 is 2.71 bits per heavy atom. The molecule has 1 atom stereocenters. The summed E-state index contributed by atoms with van der Waals surface area (Å²) in [6.45, 7) is 4.09. The molecule has 0 aliphatic carbocycles. The SMILES string of the molecule is C#CC(Oc1cccc2cccnc12)C(C)C. The van der Waals surface area contributed by atoms with E-state index >= 15 is 0 Å². The molecule has 86 valence electrons. The predicted molar refractivity (Wildman–Crippen MR) is 69.8 cm³/mol. The van der Waals surface area contributed by atoms with E-state index in [1.54, 1.807) is 6.20 Å². The van der Waals surface area contributed by atoms with Crippen LogP contribution in [0, 0.1) is 18.3 Å². The Morgan fingerprint density at radius 1 is 1.24 bits per heavy atom. The van der Waals surface area contributed by atoms with Gasteiger partial charge >= 0.3 is 0 Å². The van der Waals surface area contributed by atoms with Crippen LogP contribution in [-0.4, -0.2) is 11.1 Å². The fourth-order valence-corrected chi connectivity index (χ4v) is 1.67. The van der Waals surface area contributed by atoms with Crippen LogP contribution in [0.15, 0.2) is 36.5 Å². The van der Waals surface area contributed by atoms with Crippen LogP contribution in [-0.2, 0) is 0 Å². The normalized spacial score (nSPS) is 12.4. The molecule has 2 rings (SSSR count). The number of terminal acetylenes is 1. The van der Waals surface area contributed by atoms with Crippen molar-refractivity contribution in [2.24, 2.45) is 5.92 Å². The van der Waals surface area contributed by atoms with Crippen LogP contribution in [0.25, 0.3) is 10.9 Å². The minimum Gasteiger partial charge on any atom is -0.475 e. The Balaban J connectivity index is 2.39. The van der Waals surface area contributed by atoms with Crippen molar-refractivity contribution >= 4 is 10.9 Å². The van der Waals surface area contributed by atoms with Crippen molar-refractivity contribution < 1.29 is 4.74 Å². The molecule has 1 aromatic heterocycles. The molecule has 1 aromatic carbocycles. The third-order valence-corrected chi connectivity index (χ3v) is 2.62. The van der Waals surface area contributed by atoms with E-state index in [1.165, 1.54) is 0 Å². The number of benzene rings is 1. The Labute approximate surface area is 102 Å². The van der Waals surface area contributed by atoms with Gasteiger partial charge in [-0.3, -0.25) is 4.98 Å². The van der Waals surface area contributed by atoms with Gasteiger partial charge in [0.15, 0.2) is 6.10 Å². The van der Waals surface area contributed by atoms with E-state index in [4.69, 9.17) is 11.2 Å². The molecule has 0 amide bonds. The summed E-state index contributed by atoms with van der Waals surface area (Å²) in [4.78, 5) is 4.33. The van der Waals surface area contributed by atoms with Gasteiger partial charge in [0.25, 0.3) is 0 Å². The molecular weight excluding hydrogens is 210 g/mol. The average Bonchev–Trinajstić information content (AvgIpc) is 2.35. The number of hydrogen-bond donors (Lipinski definition) is 0. The summed E-state index contributed by atoms with van der Waals surface area (Å²) in [5.74, 6) is 3.69. The fourth-order valence-electron chi connectivity index (χ4n) is 1.67. The Morgan fingerprint density at radius 2 is 2.00 bits per heavy atom. The summed E-state index contributed by atoms with van der Waals surface area (Å²) in [6.07, 6.45) is 7.01. The van der Waals surface area contributed by atoms with Crippen molar-refractivity contribution in [2.45, 2.75) is 20.0 Å². The van der Waals surface area contributed by atoms with Crippen molar-refractivity contribution in [1.29, 1.82) is 0 Å². The average molecular weight is 225 g/mol. The second kappa shape index (κ2) is 4.88. The van der Waals surface area contributed by atoms with Gasteiger partial charge in [-0.1, -0.05) is 38.0 Å². The van der Waals surface area contributed by atoms with Gasteiger partial charge in [-0.25, -0.2) is 0 Å². The van der Waals surface area contributed by atoms with Gasteiger partial charge in [-0.2, -0.15) is 0 Å². The minimum absolute atomic E-state index is 0.220. The monoisotopic (exact) mass is 225 g/mol. The van der Waals surface area contributed by atoms with Crippen molar-refractivity contribution in [1.82, 2.24) is 4.98 Å². The molecule has 1 heterocycles. The van der Waals surface area contributed by atoms with Gasteiger partial charge in [-0.15, -0.1) is 6.42 Å². The molecule has 0 aliphatic heterocycles. The van der Waals surface area contributed by atoms with Crippen LogP contribution >= 0.6 is 0 Å². The van der Waals surface area contributed by atoms with Gasteiger partial charge < -0.3 is 4.74 Å². The van der Waals surface area contributed by atoms with Crippen LogP contribution in [0.1, 0.15) is 13.8 Å². The number of rotatable bonds is 3. The molecule has 2 nitrogen and oxygen atoms in total. The molecule has 0 radical (unpaired) electrons. The van der Waals surface area contributed by atoms with Crippen LogP contribution in [0.5, 0.6) is 5.75 Å². The first-order valence-electron chi connectivity index (χ1n) is 5.69. The Kier molecular flexibility index (Phi) is 3.30. The number of aromatic nitrogens is 1. The number of fused-ring (bicyclic) bond motifs is 1. The molecule has 0 N–H and O–H groups in total. The summed E-state index contributed by atoms with van der Waals surface area (Å²) in [5, 5.41) is 1.06. The molecule has 0 fully saturated rings. The second-order valence-corrected chi connectivity index (χ2v) is 4.28. The van der Waals surface area contributed by atoms with Crippen molar-refractivity contribution in [3.63, 3.8) is 0 Å². The van der Waals surface area contributed by atoms with Gasteiger partial charge in [0.2, 0.25) is 0 Å². The largest absolute Gasteiger partial charge is 0.475 e. The Hall–Kier alpha value is -2.01. The lowest BCUT2D eigenvalue weighted by molar-refractivity contribution is 0.209. The predicted octanol–water partition coefficient (Wildman–Crippen LogP) is 3.27. The summed E-state index contributed by atoms with van der Waals surface area (Å²) in [7, 11) is 0. The summed E-state index contributed by atoms with van der Waals surface area (Å²) >= 11 is 0. The van der Waals surface area contributed by atoms with Crippen molar-refractivity contribution in [3.05, 3.63) is 36.5 Å². The number of ether oxygens (including phenoxy) is 1. The second-order valence-electron chi connectivity index (χ2n) is 4.28. The molecule has 0 aliphatic rings. The molecule has 1 unspecified atom stereocenters. The minimum atomic E-state index is -0.220. The zero-order chi connectivity index (χ0) is 12.3. The highest BCUT2D eigenvalue weighted by Crippen LogP contribution is 2.25. The molecule has 0 bridgehead atoms. The highest BCUT2D eigenvalue weighted by molar-refractivity contribution is 5.84. The molecule has 0 saturated heterocycles. The number of para-hydroxylation sites is 1. The van der Waals surface area contributed by atoms with Crippen LogP contribution in [0.2, 0.25) is 0 Å². The highest BCUT2D eigenvalue weighted by atomic mass is 16.5. The lowest BCUT2D eigenvalue weighted by atomic mass is 10.1. The molecule has 17 heavy (non-hydrogen) atoms. The van der Waals surface area contributed by atoms with Gasteiger partial charge in [-0.05, 0) is 12.1 Å². The van der Waals surface area contributed by atoms with E-state index in [0.717, 1.165) is 16.7 Å². The van der Waals surface area contributed by atoms with E-state index in [1.807, 2.05) is 44.2 Å². The van der Waals surface area contributed by atoms with Crippen molar-refractivity contribution in [3.8, 4) is 18.1 Å². The lowest BCUT2D eigenvalue weighted by Gasteiger charge is -2.17. The standard InChI is InChI=1S/C15H15NO/c1-4-13(11(2)3)17-14-9-5-7-12-8-6-10-16-15(12)14/h1,5-11,13H,2-3H3. The maximum Gasteiger partial charge on any atom is 0.161 e. The maximum atomic E-state index is 5.84.